The van der Waals surface area contributed by atoms with Gasteiger partial charge in [0.05, 0.1) is 0 Å². The van der Waals surface area contributed by atoms with Gasteiger partial charge in [0.25, 0.3) is 10.0 Å². The highest BCUT2D eigenvalue weighted by Gasteiger charge is 2.18. The predicted octanol–water partition coefficient (Wildman–Crippen LogP) is 1.15. The molecule has 2 aromatic rings. The van der Waals surface area contributed by atoms with Gasteiger partial charge in [0.2, 0.25) is 0 Å². The maximum atomic E-state index is 12.2. The molecule has 1 aromatic heterocycles. The van der Waals surface area contributed by atoms with Crippen LogP contribution in [0.4, 0.5) is 0 Å². The van der Waals surface area contributed by atoms with Crippen molar-refractivity contribution in [2.24, 2.45) is 5.73 Å². The first-order valence-corrected chi connectivity index (χ1v) is 8.26. The molecule has 0 saturated heterocycles. The molecular formula is C14H20N4O2S. The fourth-order valence-electron chi connectivity index (χ4n) is 2.05. The third kappa shape index (κ3) is 3.69. The van der Waals surface area contributed by atoms with Crippen LogP contribution >= 0.6 is 0 Å². The van der Waals surface area contributed by atoms with Crippen LogP contribution in [-0.2, 0) is 29.7 Å². The highest BCUT2D eigenvalue weighted by atomic mass is 32.2. The second kappa shape index (κ2) is 6.38. The number of rotatable bonds is 6. The fraction of sp³-hybridized carbons (Fsp3) is 0.357. The number of nitrogens with one attached hydrogen (secondary N) is 1. The molecule has 21 heavy (non-hydrogen) atoms. The summed E-state index contributed by atoms with van der Waals surface area (Å²) in [4.78, 5) is 4.09. The predicted molar refractivity (Wildman–Crippen MR) is 81.0 cm³/mol. The Kier molecular flexibility index (Phi) is 4.76. The van der Waals surface area contributed by atoms with Crippen molar-refractivity contribution in [3.05, 3.63) is 47.4 Å². The zero-order valence-electron chi connectivity index (χ0n) is 12.2. The number of hydrogen-bond donors (Lipinski definition) is 2. The Morgan fingerprint density at radius 2 is 2.05 bits per heavy atom. The second-order valence-electron chi connectivity index (χ2n) is 4.76. The van der Waals surface area contributed by atoms with Crippen molar-refractivity contribution in [3.8, 4) is 0 Å². The summed E-state index contributed by atoms with van der Waals surface area (Å²) in [7, 11) is -3.60. The van der Waals surface area contributed by atoms with Gasteiger partial charge >= 0.3 is 0 Å². The largest absolute Gasteiger partial charge is 0.334 e. The van der Waals surface area contributed by atoms with Crippen molar-refractivity contribution >= 4 is 10.0 Å². The second-order valence-corrected chi connectivity index (χ2v) is 6.47. The monoisotopic (exact) mass is 308 g/mol. The van der Waals surface area contributed by atoms with Crippen molar-refractivity contribution < 1.29 is 8.42 Å². The Labute approximate surface area is 125 Å². The van der Waals surface area contributed by atoms with Gasteiger partial charge in [0.15, 0.2) is 5.03 Å². The first-order valence-electron chi connectivity index (χ1n) is 6.77. The quantitative estimate of drug-likeness (QED) is 0.837. The smallest absolute Gasteiger partial charge is 0.259 e. The molecule has 0 aliphatic heterocycles. The highest BCUT2D eigenvalue weighted by Crippen LogP contribution is 2.10. The van der Waals surface area contributed by atoms with E-state index in [4.69, 9.17) is 5.73 Å². The molecule has 0 bridgehead atoms. The summed E-state index contributed by atoms with van der Waals surface area (Å²) in [6.45, 7) is 5.06. The van der Waals surface area contributed by atoms with Crippen molar-refractivity contribution in [3.63, 3.8) is 0 Å². The van der Waals surface area contributed by atoms with Crippen LogP contribution in [0.3, 0.4) is 0 Å². The maximum absolute atomic E-state index is 12.2. The molecule has 0 aliphatic rings. The molecule has 6 nitrogen and oxygen atoms in total. The van der Waals surface area contributed by atoms with E-state index in [0.29, 0.717) is 18.9 Å². The maximum Gasteiger partial charge on any atom is 0.259 e. The SMILES string of the molecule is CCn1cc(S(=O)(=O)NCc2cccc(CN)c2)nc1C. The van der Waals surface area contributed by atoms with Gasteiger partial charge in [-0.15, -0.1) is 0 Å². The Morgan fingerprint density at radius 1 is 1.33 bits per heavy atom. The van der Waals surface area contributed by atoms with E-state index >= 15 is 0 Å². The summed E-state index contributed by atoms with van der Waals surface area (Å²) in [5, 5.41) is 0.0526. The third-order valence-corrected chi connectivity index (χ3v) is 4.54. The molecular weight excluding hydrogens is 288 g/mol. The molecule has 3 N–H and O–H groups in total. The average Bonchev–Trinajstić information content (AvgIpc) is 2.87. The molecule has 0 saturated carbocycles. The minimum atomic E-state index is -3.60. The molecule has 2 rings (SSSR count). The summed E-state index contributed by atoms with van der Waals surface area (Å²) < 4.78 is 28.8. The number of hydrogen-bond acceptors (Lipinski definition) is 4. The standard InChI is InChI=1S/C14H20N4O2S/c1-3-18-10-14(17-11(18)2)21(19,20)16-9-13-6-4-5-12(7-13)8-15/h4-7,10,16H,3,8-9,15H2,1-2H3. The minimum Gasteiger partial charge on any atom is -0.334 e. The summed E-state index contributed by atoms with van der Waals surface area (Å²) in [6.07, 6.45) is 1.55. The lowest BCUT2D eigenvalue weighted by molar-refractivity contribution is 0.577. The molecule has 1 heterocycles. The molecule has 114 valence electrons. The summed E-state index contributed by atoms with van der Waals surface area (Å²) in [5.74, 6) is 0.683. The number of sulfonamides is 1. The van der Waals surface area contributed by atoms with E-state index in [9.17, 15) is 8.42 Å². The molecule has 0 spiro atoms. The number of nitrogens with two attached hydrogens (primary N) is 1. The van der Waals surface area contributed by atoms with E-state index in [1.165, 1.54) is 0 Å². The van der Waals surface area contributed by atoms with Gasteiger partial charge in [-0.3, -0.25) is 0 Å². The van der Waals surface area contributed by atoms with E-state index in [1.54, 1.807) is 17.7 Å². The number of benzene rings is 1. The number of imidazole rings is 1. The molecule has 7 heteroatoms. The van der Waals surface area contributed by atoms with Crippen molar-refractivity contribution in [1.29, 1.82) is 0 Å². The number of nitrogens with zero attached hydrogens (tertiary/aromatic N) is 2. The first-order chi connectivity index (χ1) is 9.96. The van der Waals surface area contributed by atoms with Gasteiger partial charge in [0.1, 0.15) is 5.82 Å². The zero-order chi connectivity index (χ0) is 15.5. The summed E-state index contributed by atoms with van der Waals surface area (Å²) in [5.41, 5.74) is 7.41. The minimum absolute atomic E-state index is 0.0526. The molecule has 0 amide bonds. The van der Waals surface area contributed by atoms with E-state index in [-0.39, 0.29) is 11.6 Å². The van der Waals surface area contributed by atoms with Crippen LogP contribution in [0.15, 0.2) is 35.5 Å². The van der Waals surface area contributed by atoms with Gasteiger partial charge in [0, 0.05) is 25.8 Å². The van der Waals surface area contributed by atoms with Crippen LogP contribution < -0.4 is 10.5 Å². The topological polar surface area (TPSA) is 90.0 Å². The van der Waals surface area contributed by atoms with E-state index in [2.05, 4.69) is 9.71 Å². The van der Waals surface area contributed by atoms with Crippen LogP contribution in [0.25, 0.3) is 0 Å². The average molecular weight is 308 g/mol. The molecule has 0 fully saturated rings. The molecule has 0 aliphatic carbocycles. The number of aryl methyl sites for hydroxylation is 2. The van der Waals surface area contributed by atoms with Gasteiger partial charge in [-0.05, 0) is 25.0 Å². The van der Waals surface area contributed by atoms with Crippen LogP contribution in [0.2, 0.25) is 0 Å². The third-order valence-electron chi connectivity index (χ3n) is 3.26. The van der Waals surface area contributed by atoms with Gasteiger partial charge in [-0.1, -0.05) is 24.3 Å². The lowest BCUT2D eigenvalue weighted by atomic mass is 10.1. The van der Waals surface area contributed by atoms with E-state index in [0.717, 1.165) is 11.1 Å². The number of aromatic nitrogens is 2. The molecule has 1 aromatic carbocycles. The van der Waals surface area contributed by atoms with Crippen LogP contribution in [0, 0.1) is 6.92 Å². The van der Waals surface area contributed by atoms with Gasteiger partial charge < -0.3 is 10.3 Å². The van der Waals surface area contributed by atoms with Crippen LogP contribution in [0.5, 0.6) is 0 Å². The van der Waals surface area contributed by atoms with E-state index in [1.807, 2.05) is 31.2 Å². The van der Waals surface area contributed by atoms with Gasteiger partial charge in [-0.2, -0.15) is 0 Å². The fourth-order valence-corrected chi connectivity index (χ4v) is 3.07. The lowest BCUT2D eigenvalue weighted by Gasteiger charge is -2.06. The zero-order valence-corrected chi connectivity index (χ0v) is 13.0. The van der Waals surface area contributed by atoms with Gasteiger partial charge in [-0.25, -0.2) is 18.1 Å². The Hall–Kier alpha value is -1.70. The lowest BCUT2D eigenvalue weighted by Crippen LogP contribution is -2.23. The molecule has 0 atom stereocenters. The van der Waals surface area contributed by atoms with Crippen LogP contribution in [0.1, 0.15) is 23.9 Å². The van der Waals surface area contributed by atoms with Crippen LogP contribution in [-0.4, -0.2) is 18.0 Å². The normalized spacial score (nSPS) is 11.8. The summed E-state index contributed by atoms with van der Waals surface area (Å²) >= 11 is 0. The Bertz CT molecular complexity index is 722. The first kappa shape index (κ1) is 15.7. The van der Waals surface area contributed by atoms with Crippen molar-refractivity contribution in [2.75, 3.05) is 0 Å². The Morgan fingerprint density at radius 3 is 2.67 bits per heavy atom. The van der Waals surface area contributed by atoms with Crippen molar-refractivity contribution in [2.45, 2.75) is 38.5 Å². The summed E-state index contributed by atoms with van der Waals surface area (Å²) in [6, 6.07) is 7.52. The highest BCUT2D eigenvalue weighted by molar-refractivity contribution is 7.89. The molecule has 0 radical (unpaired) electrons. The van der Waals surface area contributed by atoms with E-state index < -0.39 is 10.0 Å². The molecule has 0 unspecified atom stereocenters. The Balaban J connectivity index is 2.13. The van der Waals surface area contributed by atoms with Crippen molar-refractivity contribution in [1.82, 2.24) is 14.3 Å².